The van der Waals surface area contributed by atoms with E-state index in [0.717, 1.165) is 30.6 Å². The van der Waals surface area contributed by atoms with Gasteiger partial charge in [0.1, 0.15) is 5.54 Å². The second-order valence-electron chi connectivity index (χ2n) is 5.59. The fourth-order valence-corrected chi connectivity index (χ4v) is 3.51. The van der Waals surface area contributed by atoms with Crippen LogP contribution in [0.25, 0.3) is 0 Å². The van der Waals surface area contributed by atoms with E-state index in [1.54, 1.807) is 0 Å². The molecule has 0 atom stereocenters. The van der Waals surface area contributed by atoms with Crippen molar-refractivity contribution in [1.29, 1.82) is 0 Å². The first-order valence-electron chi connectivity index (χ1n) is 7.18. The van der Waals surface area contributed by atoms with Crippen LogP contribution in [-0.2, 0) is 4.79 Å². The summed E-state index contributed by atoms with van der Waals surface area (Å²) in [6, 6.07) is 2.60. The first-order valence-corrected chi connectivity index (χ1v) is 7.99. The lowest BCUT2D eigenvalue weighted by atomic mass is 9.75. The number of carboxylic acids is 1. The van der Waals surface area contributed by atoms with Gasteiger partial charge in [-0.1, -0.05) is 24.7 Å². The number of thiophene rings is 1. The molecule has 0 bridgehead atoms. The molecule has 0 aliphatic heterocycles. The molecule has 0 unspecified atom stereocenters. The second-order valence-corrected chi connectivity index (χ2v) is 6.65. The molecule has 0 aromatic carbocycles. The molecule has 1 amide bonds. The van der Waals surface area contributed by atoms with Crippen molar-refractivity contribution in [2.45, 2.75) is 44.6 Å². The predicted molar refractivity (Wildman–Crippen MR) is 81.1 cm³/mol. The molecule has 1 aromatic rings. The molecular weight excluding hydrogens is 308 g/mol. The maximum atomic E-state index is 12.2. The summed E-state index contributed by atoms with van der Waals surface area (Å²) in [5.74, 6) is -1.11. The van der Waals surface area contributed by atoms with Crippen molar-refractivity contribution in [3.05, 3.63) is 27.1 Å². The zero-order chi connectivity index (χ0) is 16.3. The number of carbonyl (C=O) groups is 2. The Hall–Kier alpha value is -1.96. The van der Waals surface area contributed by atoms with Crippen LogP contribution in [0, 0.1) is 16.0 Å². The van der Waals surface area contributed by atoms with Gasteiger partial charge in [-0.05, 0) is 37.7 Å². The van der Waals surface area contributed by atoms with E-state index in [2.05, 4.69) is 12.2 Å². The van der Waals surface area contributed by atoms with Gasteiger partial charge in [-0.2, -0.15) is 0 Å². The lowest BCUT2D eigenvalue weighted by molar-refractivity contribution is -0.380. The zero-order valence-electron chi connectivity index (χ0n) is 12.2. The van der Waals surface area contributed by atoms with Crippen LogP contribution < -0.4 is 5.32 Å². The third kappa shape index (κ3) is 3.27. The van der Waals surface area contributed by atoms with Crippen molar-refractivity contribution in [3.63, 3.8) is 0 Å². The van der Waals surface area contributed by atoms with E-state index >= 15 is 0 Å². The number of hydrogen-bond donors (Lipinski definition) is 2. The van der Waals surface area contributed by atoms with Gasteiger partial charge >= 0.3 is 11.0 Å². The number of nitro groups is 1. The van der Waals surface area contributed by atoms with Gasteiger partial charge in [-0.15, -0.1) is 0 Å². The minimum absolute atomic E-state index is 0.135. The number of nitrogens with one attached hydrogen (secondary N) is 1. The third-order valence-corrected chi connectivity index (χ3v) is 5.33. The summed E-state index contributed by atoms with van der Waals surface area (Å²) in [5.41, 5.74) is -1.26. The summed E-state index contributed by atoms with van der Waals surface area (Å²) in [6.45, 7) is 2.07. The van der Waals surface area contributed by atoms with E-state index in [1.807, 2.05) is 0 Å². The minimum atomic E-state index is -1.26. The van der Waals surface area contributed by atoms with Gasteiger partial charge in [0.2, 0.25) is 0 Å². The monoisotopic (exact) mass is 326 g/mol. The first-order chi connectivity index (χ1) is 10.4. The van der Waals surface area contributed by atoms with Crippen LogP contribution in [0.2, 0.25) is 0 Å². The Morgan fingerprint density at radius 3 is 2.55 bits per heavy atom. The molecule has 0 radical (unpaired) electrons. The maximum Gasteiger partial charge on any atom is 0.329 e. The molecule has 22 heavy (non-hydrogen) atoms. The molecular formula is C14H18N2O5S. The Kier molecular flexibility index (Phi) is 4.80. The van der Waals surface area contributed by atoms with Crippen LogP contribution in [0.4, 0.5) is 5.00 Å². The number of aliphatic carboxylic acids is 1. The molecule has 2 N–H and O–H groups in total. The topological polar surface area (TPSA) is 110 Å². The van der Waals surface area contributed by atoms with Crippen molar-refractivity contribution < 1.29 is 19.6 Å². The summed E-state index contributed by atoms with van der Waals surface area (Å²) in [4.78, 5) is 34.1. The van der Waals surface area contributed by atoms with Gasteiger partial charge < -0.3 is 10.4 Å². The summed E-state index contributed by atoms with van der Waals surface area (Å²) in [6.07, 6.45) is 3.29. The highest BCUT2D eigenvalue weighted by atomic mass is 32.1. The molecule has 0 spiro atoms. The molecule has 8 heteroatoms. The van der Waals surface area contributed by atoms with E-state index in [0.29, 0.717) is 18.8 Å². The largest absolute Gasteiger partial charge is 0.480 e. The molecule has 1 aliphatic rings. The van der Waals surface area contributed by atoms with E-state index in [-0.39, 0.29) is 9.88 Å². The molecule has 2 rings (SSSR count). The van der Waals surface area contributed by atoms with Crippen LogP contribution in [0.1, 0.15) is 48.7 Å². The van der Waals surface area contributed by atoms with E-state index in [9.17, 15) is 24.8 Å². The number of carboxylic acid groups (broad SMARTS) is 1. The molecule has 7 nitrogen and oxygen atoms in total. The summed E-state index contributed by atoms with van der Waals surface area (Å²) in [7, 11) is 0. The Morgan fingerprint density at radius 1 is 1.45 bits per heavy atom. The van der Waals surface area contributed by atoms with Crippen molar-refractivity contribution in [3.8, 4) is 0 Å². The van der Waals surface area contributed by atoms with E-state index in [1.165, 1.54) is 12.1 Å². The normalized spacial score (nSPS) is 24.7. The highest BCUT2D eigenvalue weighted by molar-refractivity contribution is 7.17. The standard InChI is InChI=1S/C14H18N2O5S/c1-2-9-5-7-14(8-6-9,13(18)19)15-12(17)10-3-4-11(22-10)16(20)21/h3-4,9H,2,5-8H2,1H3,(H,15,17)(H,18,19). The molecule has 1 saturated carbocycles. The van der Waals surface area contributed by atoms with Gasteiger partial charge in [0.25, 0.3) is 5.91 Å². The summed E-state index contributed by atoms with van der Waals surface area (Å²) in [5, 5.41) is 22.6. The quantitative estimate of drug-likeness (QED) is 0.638. The van der Waals surface area contributed by atoms with Crippen molar-refractivity contribution >= 4 is 28.2 Å². The fourth-order valence-electron chi connectivity index (χ4n) is 2.80. The van der Waals surface area contributed by atoms with Crippen LogP contribution in [0.15, 0.2) is 12.1 Å². The SMILES string of the molecule is CCC1CCC(NC(=O)c2ccc([N+](=O)[O-])s2)(C(=O)O)CC1. The van der Waals surface area contributed by atoms with Gasteiger partial charge in [0.05, 0.1) is 9.80 Å². The molecule has 120 valence electrons. The maximum absolute atomic E-state index is 12.2. The zero-order valence-corrected chi connectivity index (χ0v) is 13.0. The lowest BCUT2D eigenvalue weighted by Crippen LogP contribution is -2.56. The summed E-state index contributed by atoms with van der Waals surface area (Å²) >= 11 is 0.749. The number of nitrogens with zero attached hydrogens (tertiary/aromatic N) is 1. The van der Waals surface area contributed by atoms with Crippen LogP contribution in [0.5, 0.6) is 0 Å². The van der Waals surface area contributed by atoms with Crippen LogP contribution in [-0.4, -0.2) is 27.4 Å². The molecule has 1 aromatic heterocycles. The van der Waals surface area contributed by atoms with E-state index < -0.39 is 22.3 Å². The number of rotatable bonds is 5. The van der Waals surface area contributed by atoms with Crippen LogP contribution >= 0.6 is 11.3 Å². The van der Waals surface area contributed by atoms with Gasteiger partial charge in [0, 0.05) is 6.07 Å². The second kappa shape index (κ2) is 6.43. The Balaban J connectivity index is 2.12. The van der Waals surface area contributed by atoms with Crippen LogP contribution in [0.3, 0.4) is 0 Å². The Morgan fingerprint density at radius 2 is 2.09 bits per heavy atom. The minimum Gasteiger partial charge on any atom is -0.480 e. The lowest BCUT2D eigenvalue weighted by Gasteiger charge is -2.37. The average molecular weight is 326 g/mol. The molecule has 0 saturated heterocycles. The van der Waals surface area contributed by atoms with Crippen molar-refractivity contribution in [2.75, 3.05) is 0 Å². The molecule has 1 fully saturated rings. The van der Waals surface area contributed by atoms with E-state index in [4.69, 9.17) is 0 Å². The first kappa shape index (κ1) is 16.4. The van der Waals surface area contributed by atoms with Crippen molar-refractivity contribution in [1.82, 2.24) is 5.32 Å². The fraction of sp³-hybridized carbons (Fsp3) is 0.571. The highest BCUT2D eigenvalue weighted by Crippen LogP contribution is 2.34. The third-order valence-electron chi connectivity index (χ3n) is 4.29. The Labute approximate surface area is 131 Å². The summed E-state index contributed by atoms with van der Waals surface area (Å²) < 4.78 is 0. The highest BCUT2D eigenvalue weighted by Gasteiger charge is 2.43. The van der Waals surface area contributed by atoms with Gasteiger partial charge in [-0.3, -0.25) is 14.9 Å². The van der Waals surface area contributed by atoms with Crippen molar-refractivity contribution in [2.24, 2.45) is 5.92 Å². The number of hydrogen-bond acceptors (Lipinski definition) is 5. The number of amides is 1. The van der Waals surface area contributed by atoms with Gasteiger partial charge in [0.15, 0.2) is 0 Å². The van der Waals surface area contributed by atoms with Gasteiger partial charge in [-0.25, -0.2) is 4.79 Å². The predicted octanol–water partition coefficient (Wildman–Crippen LogP) is 2.81. The molecule has 1 heterocycles. The average Bonchev–Trinajstić information content (AvgIpc) is 2.98. The molecule has 1 aliphatic carbocycles. The number of carbonyl (C=O) groups excluding carboxylic acids is 1. The Bertz CT molecular complexity index is 590. The smallest absolute Gasteiger partial charge is 0.329 e.